The Kier molecular flexibility index (Phi) is 6.44. The Morgan fingerprint density at radius 2 is 1.91 bits per heavy atom. The molecule has 8 nitrogen and oxygen atoms in total. The van der Waals surface area contributed by atoms with Crippen molar-refractivity contribution in [2.45, 2.75) is 39.9 Å². The molecule has 0 aliphatic carbocycles. The smallest absolute Gasteiger partial charge is 0.277 e. The van der Waals surface area contributed by atoms with Gasteiger partial charge in [-0.15, -0.1) is 0 Å². The maximum atomic E-state index is 13.8. The van der Waals surface area contributed by atoms with Gasteiger partial charge in [-0.3, -0.25) is 14.3 Å². The van der Waals surface area contributed by atoms with E-state index in [1.54, 1.807) is 39.1 Å². The quantitative estimate of drug-likeness (QED) is 0.426. The lowest BCUT2D eigenvalue weighted by Crippen LogP contribution is -2.21. The van der Waals surface area contributed by atoms with Gasteiger partial charge in [-0.2, -0.15) is 5.10 Å². The topological polar surface area (TPSA) is 95.1 Å². The normalized spacial score (nSPS) is 11.7. The van der Waals surface area contributed by atoms with Crippen LogP contribution in [0.1, 0.15) is 36.5 Å². The minimum absolute atomic E-state index is 0.0315. The highest BCUT2D eigenvalue weighted by atomic mass is 35.5. The summed E-state index contributed by atoms with van der Waals surface area (Å²) in [7, 11) is 0. The Labute approximate surface area is 204 Å². The number of hydrogen-bond acceptors (Lipinski definition) is 6. The van der Waals surface area contributed by atoms with Gasteiger partial charge in [-0.25, -0.2) is 18.4 Å². The molecule has 0 saturated carbocycles. The van der Waals surface area contributed by atoms with E-state index in [4.69, 9.17) is 16.3 Å². The fraction of sp³-hybridized carbons (Fsp3) is 0.250. The molecule has 0 unspecified atom stereocenters. The third kappa shape index (κ3) is 4.94. The molecule has 11 heteroatoms. The predicted octanol–water partition coefficient (Wildman–Crippen LogP) is 4.17. The van der Waals surface area contributed by atoms with Crippen LogP contribution < -0.4 is 10.3 Å². The van der Waals surface area contributed by atoms with Crippen LogP contribution in [0.25, 0.3) is 11.5 Å². The summed E-state index contributed by atoms with van der Waals surface area (Å²) in [6, 6.07) is 5.53. The maximum Gasteiger partial charge on any atom is 0.277 e. The molecule has 0 bridgehead atoms. The highest BCUT2D eigenvalue weighted by Crippen LogP contribution is 2.25. The molecule has 0 atom stereocenters. The summed E-state index contributed by atoms with van der Waals surface area (Å²) in [5, 5.41) is 14.4. The van der Waals surface area contributed by atoms with Crippen LogP contribution in [0, 0.1) is 25.5 Å². The van der Waals surface area contributed by atoms with E-state index in [1.165, 1.54) is 21.5 Å². The molecule has 35 heavy (non-hydrogen) atoms. The van der Waals surface area contributed by atoms with E-state index in [0.717, 1.165) is 11.8 Å². The Morgan fingerprint density at radius 3 is 2.57 bits per heavy atom. The first kappa shape index (κ1) is 24.5. The zero-order valence-electron chi connectivity index (χ0n) is 19.4. The van der Waals surface area contributed by atoms with Crippen molar-refractivity contribution in [3.8, 4) is 17.3 Å². The highest BCUT2D eigenvalue weighted by Gasteiger charge is 2.21. The van der Waals surface area contributed by atoms with E-state index in [9.17, 15) is 18.7 Å². The third-order valence-corrected chi connectivity index (χ3v) is 5.78. The van der Waals surface area contributed by atoms with Gasteiger partial charge < -0.3 is 9.84 Å². The molecule has 0 radical (unpaired) electrons. The van der Waals surface area contributed by atoms with E-state index >= 15 is 0 Å². The molecule has 0 aliphatic heterocycles. The molecule has 0 amide bonds. The summed E-state index contributed by atoms with van der Waals surface area (Å²) in [6.45, 7) is 6.54. The second-order valence-electron chi connectivity index (χ2n) is 8.45. The van der Waals surface area contributed by atoms with Gasteiger partial charge in [0.1, 0.15) is 34.5 Å². The summed E-state index contributed by atoms with van der Waals surface area (Å²) >= 11 is 6.29. The molecule has 0 fully saturated rings. The van der Waals surface area contributed by atoms with Crippen LogP contribution in [-0.2, 0) is 12.2 Å². The zero-order chi connectivity index (χ0) is 25.5. The molecule has 0 aromatic carbocycles. The van der Waals surface area contributed by atoms with Crippen LogP contribution in [0.4, 0.5) is 8.78 Å². The van der Waals surface area contributed by atoms with Crippen molar-refractivity contribution >= 4 is 11.6 Å². The second kappa shape index (κ2) is 9.20. The molecule has 0 spiro atoms. The van der Waals surface area contributed by atoms with E-state index < -0.39 is 22.8 Å². The van der Waals surface area contributed by atoms with Crippen LogP contribution in [0.3, 0.4) is 0 Å². The van der Waals surface area contributed by atoms with Crippen molar-refractivity contribution in [2.24, 2.45) is 0 Å². The molecule has 0 saturated heterocycles. The number of aliphatic hydroxyl groups is 1. The fourth-order valence-corrected chi connectivity index (χ4v) is 3.55. The predicted molar refractivity (Wildman–Crippen MR) is 125 cm³/mol. The summed E-state index contributed by atoms with van der Waals surface area (Å²) in [5.41, 5.74) is 0.591. The molecule has 4 rings (SSSR count). The van der Waals surface area contributed by atoms with Crippen molar-refractivity contribution in [2.75, 3.05) is 0 Å². The molecule has 182 valence electrons. The number of halogens is 3. The van der Waals surface area contributed by atoms with Crippen LogP contribution in [0.2, 0.25) is 5.02 Å². The van der Waals surface area contributed by atoms with Gasteiger partial charge in [-0.05, 0) is 45.4 Å². The number of nitrogens with zero attached hydrogens (tertiary/aromatic N) is 5. The van der Waals surface area contributed by atoms with Crippen molar-refractivity contribution in [1.82, 2.24) is 24.3 Å². The Balaban J connectivity index is 1.69. The van der Waals surface area contributed by atoms with Crippen molar-refractivity contribution in [3.05, 3.63) is 92.5 Å². The number of aromatic nitrogens is 5. The second-order valence-corrected chi connectivity index (χ2v) is 8.83. The van der Waals surface area contributed by atoms with Gasteiger partial charge in [0.15, 0.2) is 11.6 Å². The van der Waals surface area contributed by atoms with E-state index in [-0.39, 0.29) is 23.1 Å². The van der Waals surface area contributed by atoms with Gasteiger partial charge >= 0.3 is 0 Å². The van der Waals surface area contributed by atoms with Gasteiger partial charge in [0.05, 0.1) is 17.6 Å². The van der Waals surface area contributed by atoms with E-state index in [2.05, 4.69) is 15.1 Å². The summed E-state index contributed by atoms with van der Waals surface area (Å²) in [6.07, 6.45) is 4.02. The van der Waals surface area contributed by atoms with Crippen LogP contribution >= 0.6 is 11.6 Å². The van der Waals surface area contributed by atoms with Crippen molar-refractivity contribution < 1.29 is 18.6 Å². The van der Waals surface area contributed by atoms with Crippen LogP contribution in [0.5, 0.6) is 5.75 Å². The minimum atomic E-state index is -1.12. The van der Waals surface area contributed by atoms with E-state index in [0.29, 0.717) is 29.0 Å². The molecule has 1 N–H and O–H groups in total. The Morgan fingerprint density at radius 1 is 1.17 bits per heavy atom. The Bertz CT molecular complexity index is 1480. The summed E-state index contributed by atoms with van der Waals surface area (Å²) in [5.74, 6) is -1.19. The minimum Gasteiger partial charge on any atom is -0.485 e. The summed E-state index contributed by atoms with van der Waals surface area (Å²) in [4.78, 5) is 21.3. The molecule has 4 aromatic heterocycles. The number of pyridine rings is 3. The molecule has 0 aliphatic rings. The Hall–Kier alpha value is -3.63. The highest BCUT2D eigenvalue weighted by molar-refractivity contribution is 6.31. The SMILES string of the molecule is Cc1nc(-n2ccc(C(C)(C)O)n2)cc(-n2ccc(OCc3ncc(F)cc3F)c(Cl)c2=O)c1C. The average molecular weight is 502 g/mol. The molecule has 4 aromatic rings. The lowest BCUT2D eigenvalue weighted by atomic mass is 10.1. The van der Waals surface area contributed by atoms with Crippen molar-refractivity contribution in [3.63, 3.8) is 0 Å². The molecule has 4 heterocycles. The fourth-order valence-electron chi connectivity index (χ4n) is 3.34. The van der Waals surface area contributed by atoms with Gasteiger partial charge in [0.25, 0.3) is 5.56 Å². The van der Waals surface area contributed by atoms with Crippen molar-refractivity contribution in [1.29, 1.82) is 0 Å². The number of rotatable bonds is 6. The van der Waals surface area contributed by atoms with Gasteiger partial charge in [-0.1, -0.05) is 11.6 Å². The molecular weight excluding hydrogens is 480 g/mol. The molecular formula is C24H22ClF2N5O3. The monoisotopic (exact) mass is 501 g/mol. The standard InChI is InChI=1S/C24H22ClF2N5O3/c1-13-14(2)29-21(32-8-6-20(30-32)24(3,4)34)10-18(13)31-7-5-19(22(25)23(31)33)35-12-17-16(27)9-15(26)11-28-17/h5-11,34H,12H2,1-4H3. The number of aryl methyl sites for hydroxylation is 1. The van der Waals surface area contributed by atoms with Crippen LogP contribution in [-0.4, -0.2) is 29.4 Å². The largest absolute Gasteiger partial charge is 0.485 e. The average Bonchev–Trinajstić information content (AvgIpc) is 3.29. The number of hydrogen-bond donors (Lipinski definition) is 1. The summed E-state index contributed by atoms with van der Waals surface area (Å²) < 4.78 is 35.2. The third-order valence-electron chi connectivity index (χ3n) is 5.43. The zero-order valence-corrected chi connectivity index (χ0v) is 20.1. The van der Waals surface area contributed by atoms with Gasteiger partial charge in [0.2, 0.25) is 0 Å². The lowest BCUT2D eigenvalue weighted by molar-refractivity contribution is 0.0734. The first-order valence-electron chi connectivity index (χ1n) is 10.6. The van der Waals surface area contributed by atoms with E-state index in [1.807, 2.05) is 6.92 Å². The first-order valence-corrected chi connectivity index (χ1v) is 10.9. The van der Waals surface area contributed by atoms with Gasteiger partial charge in [0, 0.05) is 30.2 Å². The van der Waals surface area contributed by atoms with Crippen LogP contribution in [0.15, 0.2) is 47.7 Å². The lowest BCUT2D eigenvalue weighted by Gasteiger charge is -2.16. The first-order chi connectivity index (χ1) is 16.5. The maximum absolute atomic E-state index is 13.8. The number of ether oxygens (including phenoxy) is 1.